The Morgan fingerprint density at radius 3 is 2.62 bits per heavy atom. The second kappa shape index (κ2) is 10.7. The predicted molar refractivity (Wildman–Crippen MR) is 107 cm³/mol. The molecule has 5 nitrogen and oxygen atoms in total. The number of anilines is 1. The molecule has 0 aliphatic carbocycles. The molecule has 0 aliphatic rings. The highest BCUT2D eigenvalue weighted by molar-refractivity contribution is 5.96. The summed E-state index contributed by atoms with van der Waals surface area (Å²) in [7, 11) is 1.67. The summed E-state index contributed by atoms with van der Waals surface area (Å²) >= 11 is 0. The molecule has 0 heterocycles. The van der Waals surface area contributed by atoms with Gasteiger partial charge in [0.25, 0.3) is 5.91 Å². The van der Waals surface area contributed by atoms with E-state index in [2.05, 4.69) is 5.32 Å². The third-order valence-electron chi connectivity index (χ3n) is 3.92. The Morgan fingerprint density at radius 1 is 1.12 bits per heavy atom. The molecular weight excluding hydrogens is 352 g/mol. The molecule has 2 aromatic carbocycles. The molecule has 142 valence electrons. The normalized spacial score (nSPS) is 10.1. The first-order valence-electron chi connectivity index (χ1n) is 8.37. The van der Waals surface area contributed by atoms with Crippen LogP contribution in [0.1, 0.15) is 33.5 Å². The van der Waals surface area contributed by atoms with E-state index in [9.17, 15) is 4.79 Å². The highest BCUT2D eigenvalue weighted by Crippen LogP contribution is 2.21. The molecule has 0 saturated heterocycles. The fourth-order valence-corrected chi connectivity index (χ4v) is 2.48. The zero-order valence-corrected chi connectivity index (χ0v) is 16.3. The molecule has 0 saturated carbocycles. The number of hydrogen-bond acceptors (Lipinski definition) is 4. The number of ether oxygens (including phenoxy) is 2. The lowest BCUT2D eigenvalue weighted by molar-refractivity contribution is 0.0950. The van der Waals surface area contributed by atoms with Crippen molar-refractivity contribution in [2.75, 3.05) is 26.1 Å². The molecule has 2 aromatic rings. The lowest BCUT2D eigenvalue weighted by Crippen LogP contribution is -2.24. The van der Waals surface area contributed by atoms with Crippen molar-refractivity contribution in [3.05, 3.63) is 58.7 Å². The fraction of sp³-hybridized carbons (Fsp3) is 0.350. The van der Waals surface area contributed by atoms with Gasteiger partial charge in [0.1, 0.15) is 5.75 Å². The molecule has 2 rings (SSSR count). The van der Waals surface area contributed by atoms with E-state index >= 15 is 0 Å². The minimum Gasteiger partial charge on any atom is -0.493 e. The molecule has 1 amide bonds. The van der Waals surface area contributed by atoms with Gasteiger partial charge in [-0.15, -0.1) is 12.4 Å². The van der Waals surface area contributed by atoms with E-state index in [0.717, 1.165) is 28.9 Å². The van der Waals surface area contributed by atoms with Gasteiger partial charge in [-0.05, 0) is 43.2 Å². The van der Waals surface area contributed by atoms with Crippen LogP contribution in [0.25, 0.3) is 0 Å². The fourth-order valence-electron chi connectivity index (χ4n) is 2.48. The minimum atomic E-state index is -0.143. The summed E-state index contributed by atoms with van der Waals surface area (Å²) < 4.78 is 10.9. The Morgan fingerprint density at radius 2 is 1.88 bits per heavy atom. The highest BCUT2D eigenvalue weighted by atomic mass is 35.5. The van der Waals surface area contributed by atoms with Gasteiger partial charge in [-0.1, -0.05) is 18.2 Å². The van der Waals surface area contributed by atoms with E-state index in [-0.39, 0.29) is 18.3 Å². The van der Waals surface area contributed by atoms with E-state index in [1.54, 1.807) is 19.2 Å². The van der Waals surface area contributed by atoms with Crippen LogP contribution >= 0.6 is 12.4 Å². The van der Waals surface area contributed by atoms with Crippen LogP contribution in [0.4, 0.5) is 5.69 Å². The molecule has 0 atom stereocenters. The van der Waals surface area contributed by atoms with Gasteiger partial charge in [-0.3, -0.25) is 4.79 Å². The number of halogens is 1. The van der Waals surface area contributed by atoms with Gasteiger partial charge in [0, 0.05) is 43.5 Å². The molecule has 0 aliphatic heterocycles. The van der Waals surface area contributed by atoms with Crippen molar-refractivity contribution in [3.8, 4) is 5.75 Å². The maximum atomic E-state index is 12.4. The van der Waals surface area contributed by atoms with Crippen LogP contribution in [0.15, 0.2) is 36.4 Å². The number of amides is 1. The van der Waals surface area contributed by atoms with Crippen LogP contribution in [-0.4, -0.2) is 26.2 Å². The zero-order chi connectivity index (χ0) is 18.2. The summed E-state index contributed by atoms with van der Waals surface area (Å²) in [5.41, 5.74) is 9.90. The van der Waals surface area contributed by atoms with E-state index in [1.165, 1.54) is 0 Å². The third-order valence-corrected chi connectivity index (χ3v) is 3.92. The Hall–Kier alpha value is -2.24. The molecule has 3 N–H and O–H groups in total. The van der Waals surface area contributed by atoms with Gasteiger partial charge in [0.05, 0.1) is 6.61 Å². The van der Waals surface area contributed by atoms with Gasteiger partial charge >= 0.3 is 0 Å². The number of hydrogen-bond donors (Lipinski definition) is 2. The molecule has 0 spiro atoms. The Labute approximate surface area is 161 Å². The summed E-state index contributed by atoms with van der Waals surface area (Å²) in [5, 5.41) is 2.95. The number of rotatable bonds is 8. The maximum absolute atomic E-state index is 12.4. The van der Waals surface area contributed by atoms with Gasteiger partial charge in [-0.25, -0.2) is 0 Å². The van der Waals surface area contributed by atoms with Gasteiger partial charge in [-0.2, -0.15) is 0 Å². The number of nitrogens with two attached hydrogens (primary N) is 1. The summed E-state index contributed by atoms with van der Waals surface area (Å²) in [6, 6.07) is 11.3. The van der Waals surface area contributed by atoms with Crippen LogP contribution in [0.3, 0.4) is 0 Å². The SMILES string of the molecule is COCCCOc1cc(C)ccc1CNC(=O)c1cc(N)ccc1C.Cl. The van der Waals surface area contributed by atoms with E-state index in [4.69, 9.17) is 15.2 Å². The van der Waals surface area contributed by atoms with Crippen molar-refractivity contribution < 1.29 is 14.3 Å². The van der Waals surface area contributed by atoms with Crippen molar-refractivity contribution >= 4 is 24.0 Å². The van der Waals surface area contributed by atoms with Gasteiger partial charge in [0.15, 0.2) is 0 Å². The number of methoxy groups -OCH3 is 1. The second-order valence-electron chi connectivity index (χ2n) is 6.06. The van der Waals surface area contributed by atoms with Gasteiger partial charge in [0.2, 0.25) is 0 Å². The zero-order valence-electron chi connectivity index (χ0n) is 15.5. The first-order valence-corrected chi connectivity index (χ1v) is 8.37. The molecular formula is C20H27ClN2O3. The standard InChI is InChI=1S/C20H26N2O3.ClH/c1-14-5-7-16(19(11-14)25-10-4-9-24-3)13-22-20(23)18-12-17(21)8-6-15(18)2;/h5-8,11-12H,4,9-10,13,21H2,1-3H3,(H,22,23);1H. The molecule has 0 aromatic heterocycles. The van der Waals surface area contributed by atoms with Crippen LogP contribution < -0.4 is 15.8 Å². The van der Waals surface area contributed by atoms with E-state index in [0.29, 0.717) is 31.0 Å². The van der Waals surface area contributed by atoms with Crippen molar-refractivity contribution in [1.29, 1.82) is 0 Å². The van der Waals surface area contributed by atoms with Crippen LogP contribution in [-0.2, 0) is 11.3 Å². The molecule has 0 radical (unpaired) electrons. The number of benzene rings is 2. The monoisotopic (exact) mass is 378 g/mol. The summed E-state index contributed by atoms with van der Waals surface area (Å²) in [5.74, 6) is 0.649. The number of nitrogen functional groups attached to an aromatic ring is 1. The van der Waals surface area contributed by atoms with Crippen LogP contribution in [0.2, 0.25) is 0 Å². The van der Waals surface area contributed by atoms with Crippen LogP contribution in [0, 0.1) is 13.8 Å². The summed E-state index contributed by atoms with van der Waals surface area (Å²) in [6.45, 7) is 5.54. The maximum Gasteiger partial charge on any atom is 0.251 e. The van der Waals surface area contributed by atoms with Crippen molar-refractivity contribution in [1.82, 2.24) is 5.32 Å². The van der Waals surface area contributed by atoms with Crippen molar-refractivity contribution in [2.45, 2.75) is 26.8 Å². The smallest absolute Gasteiger partial charge is 0.251 e. The van der Waals surface area contributed by atoms with Crippen LogP contribution in [0.5, 0.6) is 5.75 Å². The Kier molecular flexibility index (Phi) is 8.96. The number of carbonyl (C=O) groups is 1. The second-order valence-corrected chi connectivity index (χ2v) is 6.06. The number of aryl methyl sites for hydroxylation is 2. The van der Waals surface area contributed by atoms with Crippen molar-refractivity contribution in [3.63, 3.8) is 0 Å². The van der Waals surface area contributed by atoms with E-state index in [1.807, 2.05) is 38.1 Å². The highest BCUT2D eigenvalue weighted by Gasteiger charge is 2.11. The molecule has 0 unspecified atom stereocenters. The lowest BCUT2D eigenvalue weighted by atomic mass is 10.1. The minimum absolute atomic E-state index is 0. The largest absolute Gasteiger partial charge is 0.493 e. The number of carbonyl (C=O) groups excluding carboxylic acids is 1. The molecule has 0 bridgehead atoms. The van der Waals surface area contributed by atoms with Crippen molar-refractivity contribution in [2.24, 2.45) is 0 Å². The number of nitrogens with one attached hydrogen (secondary N) is 1. The summed E-state index contributed by atoms with van der Waals surface area (Å²) in [6.07, 6.45) is 0.818. The quantitative estimate of drug-likeness (QED) is 0.543. The molecule has 6 heteroatoms. The van der Waals surface area contributed by atoms with Gasteiger partial charge < -0.3 is 20.5 Å². The average molecular weight is 379 g/mol. The Bertz CT molecular complexity index is 735. The third kappa shape index (κ3) is 6.24. The molecule has 0 fully saturated rings. The first kappa shape index (κ1) is 21.8. The molecule has 26 heavy (non-hydrogen) atoms. The first-order chi connectivity index (χ1) is 12.0. The topological polar surface area (TPSA) is 73.6 Å². The van der Waals surface area contributed by atoms with E-state index < -0.39 is 0 Å². The predicted octanol–water partition coefficient (Wildman–Crippen LogP) is 3.65. The Balaban J connectivity index is 0.00000338. The average Bonchev–Trinajstić information content (AvgIpc) is 2.59. The summed E-state index contributed by atoms with van der Waals surface area (Å²) in [4.78, 5) is 12.4. The lowest BCUT2D eigenvalue weighted by Gasteiger charge is -2.14.